The van der Waals surface area contributed by atoms with Crippen LogP contribution in [0.3, 0.4) is 0 Å². The first-order valence-corrected chi connectivity index (χ1v) is 10.4. The van der Waals surface area contributed by atoms with Crippen molar-refractivity contribution < 1.29 is 23.4 Å². The number of rotatable bonds is 8. The molecule has 0 amide bonds. The zero-order chi connectivity index (χ0) is 20.9. The number of ether oxygens (including phenoxy) is 1. The van der Waals surface area contributed by atoms with Gasteiger partial charge in [0, 0.05) is 31.8 Å². The average Bonchev–Trinajstić information content (AvgIpc) is 3.11. The fourth-order valence-corrected chi connectivity index (χ4v) is 4.54. The lowest BCUT2D eigenvalue weighted by Gasteiger charge is -2.32. The minimum absolute atomic E-state index is 0. The first-order chi connectivity index (χ1) is 13.8. The number of aliphatic hydroxyl groups is 1. The van der Waals surface area contributed by atoms with Gasteiger partial charge in [0.1, 0.15) is 0 Å². The standard InChI is InChI=1S/C22H30F2N2O3.ClH/c23-21(24)11-8-19(15-21)22(28,18-6-2-1-3-7-18)20(27)29-14-4-5-17-9-12-26(16-25)13-10-17;/h1-3,6-7,16-17,19,25,28H,4-5,8-15H2;1H/t19-,22+;/m1./s1. The molecule has 2 aliphatic rings. The molecule has 0 unspecified atom stereocenters. The minimum atomic E-state index is -2.86. The van der Waals surface area contributed by atoms with E-state index in [0.29, 0.717) is 17.9 Å². The topological polar surface area (TPSA) is 73.6 Å². The lowest BCUT2D eigenvalue weighted by molar-refractivity contribution is -0.175. The van der Waals surface area contributed by atoms with Gasteiger partial charge in [0.05, 0.1) is 12.9 Å². The van der Waals surface area contributed by atoms with E-state index in [1.54, 1.807) is 30.3 Å². The SMILES string of the molecule is Cl.N=CN1CCC(CCCOC(=O)[C@](O)(c2ccccc2)[C@@H]2CCC(F)(F)C2)CC1. The summed E-state index contributed by atoms with van der Waals surface area (Å²) in [4.78, 5) is 14.8. The summed E-state index contributed by atoms with van der Waals surface area (Å²) in [6.45, 7) is 1.91. The molecule has 0 bridgehead atoms. The van der Waals surface area contributed by atoms with Crippen LogP contribution in [0, 0.1) is 17.2 Å². The van der Waals surface area contributed by atoms with E-state index in [-0.39, 0.29) is 31.9 Å². The number of hydrogen-bond donors (Lipinski definition) is 2. The Kier molecular flexibility index (Phi) is 8.62. The summed E-state index contributed by atoms with van der Waals surface area (Å²) in [6.07, 6.45) is 4.21. The van der Waals surface area contributed by atoms with Gasteiger partial charge in [-0.3, -0.25) is 5.41 Å². The third-order valence-electron chi connectivity index (χ3n) is 6.34. The Hall–Kier alpha value is -1.73. The Morgan fingerprint density at radius 3 is 2.50 bits per heavy atom. The van der Waals surface area contributed by atoms with Crippen molar-refractivity contribution in [2.75, 3.05) is 19.7 Å². The van der Waals surface area contributed by atoms with Gasteiger partial charge >= 0.3 is 5.97 Å². The fourth-order valence-electron chi connectivity index (χ4n) is 4.54. The molecule has 3 rings (SSSR count). The van der Waals surface area contributed by atoms with Gasteiger partial charge in [0.2, 0.25) is 5.92 Å². The number of halogens is 3. The maximum Gasteiger partial charge on any atom is 0.343 e. The molecule has 1 aromatic rings. The molecule has 168 valence electrons. The molecule has 0 radical (unpaired) electrons. The zero-order valence-electron chi connectivity index (χ0n) is 17.1. The number of esters is 1. The minimum Gasteiger partial charge on any atom is -0.463 e. The third kappa shape index (κ3) is 5.70. The fraction of sp³-hybridized carbons (Fsp3) is 0.636. The molecule has 1 heterocycles. The van der Waals surface area contributed by atoms with Crippen LogP contribution in [0.5, 0.6) is 0 Å². The van der Waals surface area contributed by atoms with Gasteiger partial charge < -0.3 is 14.7 Å². The van der Waals surface area contributed by atoms with E-state index < -0.39 is 29.8 Å². The monoisotopic (exact) mass is 444 g/mol. The summed E-state index contributed by atoms with van der Waals surface area (Å²) in [5.74, 6) is -4.02. The van der Waals surface area contributed by atoms with Gasteiger partial charge in [-0.2, -0.15) is 0 Å². The first kappa shape index (κ1) is 24.5. The Balaban J connectivity index is 0.00000320. The van der Waals surface area contributed by atoms with Gasteiger partial charge in [0.25, 0.3) is 0 Å². The summed E-state index contributed by atoms with van der Waals surface area (Å²) >= 11 is 0. The highest BCUT2D eigenvalue weighted by Crippen LogP contribution is 2.47. The molecule has 5 nitrogen and oxygen atoms in total. The van der Waals surface area contributed by atoms with E-state index in [2.05, 4.69) is 0 Å². The summed E-state index contributed by atoms with van der Waals surface area (Å²) in [5, 5.41) is 18.5. The van der Waals surface area contributed by atoms with Crippen LogP contribution in [-0.4, -0.2) is 47.9 Å². The van der Waals surface area contributed by atoms with Crippen molar-refractivity contribution >= 4 is 24.7 Å². The van der Waals surface area contributed by atoms with Crippen molar-refractivity contribution in [3.05, 3.63) is 35.9 Å². The molecule has 30 heavy (non-hydrogen) atoms. The molecule has 2 N–H and O–H groups in total. The number of nitrogens with one attached hydrogen (secondary N) is 1. The van der Waals surface area contributed by atoms with Gasteiger partial charge in [-0.15, -0.1) is 12.4 Å². The molecular weight excluding hydrogens is 414 g/mol. The van der Waals surface area contributed by atoms with Crippen LogP contribution in [0.15, 0.2) is 30.3 Å². The average molecular weight is 445 g/mol. The maximum absolute atomic E-state index is 13.8. The number of benzene rings is 1. The molecule has 0 spiro atoms. The van der Waals surface area contributed by atoms with Crippen LogP contribution < -0.4 is 0 Å². The second-order valence-corrected chi connectivity index (χ2v) is 8.31. The highest BCUT2D eigenvalue weighted by Gasteiger charge is 2.54. The Bertz CT molecular complexity index is 699. The van der Waals surface area contributed by atoms with E-state index in [9.17, 15) is 18.7 Å². The van der Waals surface area contributed by atoms with Crippen LogP contribution in [0.2, 0.25) is 0 Å². The highest BCUT2D eigenvalue weighted by atomic mass is 35.5. The summed E-state index contributed by atoms with van der Waals surface area (Å²) in [7, 11) is 0. The van der Waals surface area contributed by atoms with Gasteiger partial charge in [0.15, 0.2) is 5.60 Å². The Labute approximate surface area is 182 Å². The molecular formula is C22H31ClF2N2O3. The van der Waals surface area contributed by atoms with Gasteiger partial charge in [-0.1, -0.05) is 30.3 Å². The summed E-state index contributed by atoms with van der Waals surface area (Å²) in [5.41, 5.74) is -1.73. The van der Waals surface area contributed by atoms with E-state index in [4.69, 9.17) is 10.1 Å². The Morgan fingerprint density at radius 1 is 1.27 bits per heavy atom. The van der Waals surface area contributed by atoms with Crippen LogP contribution in [0.1, 0.15) is 50.5 Å². The normalized spacial score (nSPS) is 23.3. The lowest BCUT2D eigenvalue weighted by atomic mass is 9.80. The van der Waals surface area contributed by atoms with E-state index in [0.717, 1.165) is 32.4 Å². The number of carbonyl (C=O) groups is 1. The number of alkyl halides is 2. The third-order valence-corrected chi connectivity index (χ3v) is 6.34. The lowest BCUT2D eigenvalue weighted by Crippen LogP contribution is -2.44. The second kappa shape index (κ2) is 10.5. The number of likely N-dealkylation sites (tertiary alicyclic amines) is 1. The molecule has 0 aromatic heterocycles. The largest absolute Gasteiger partial charge is 0.463 e. The van der Waals surface area contributed by atoms with E-state index in [1.807, 2.05) is 4.90 Å². The second-order valence-electron chi connectivity index (χ2n) is 8.31. The summed E-state index contributed by atoms with van der Waals surface area (Å²) < 4.78 is 33.0. The predicted molar refractivity (Wildman–Crippen MR) is 113 cm³/mol. The van der Waals surface area contributed by atoms with Crippen molar-refractivity contribution in [2.45, 2.75) is 56.5 Å². The first-order valence-electron chi connectivity index (χ1n) is 10.4. The van der Waals surface area contributed by atoms with Crippen LogP contribution in [0.25, 0.3) is 0 Å². The molecule has 1 saturated carbocycles. The molecule has 1 aromatic carbocycles. The van der Waals surface area contributed by atoms with Crippen LogP contribution >= 0.6 is 12.4 Å². The molecule has 2 atom stereocenters. The molecule has 1 saturated heterocycles. The number of nitrogens with zero attached hydrogens (tertiary/aromatic N) is 1. The number of hydrogen-bond acceptors (Lipinski definition) is 4. The van der Waals surface area contributed by atoms with Crippen LogP contribution in [0.4, 0.5) is 8.78 Å². The Morgan fingerprint density at radius 2 is 1.93 bits per heavy atom. The molecule has 1 aliphatic carbocycles. The molecule has 8 heteroatoms. The zero-order valence-corrected chi connectivity index (χ0v) is 17.9. The number of piperidine rings is 1. The van der Waals surface area contributed by atoms with Crippen molar-refractivity contribution in [3.8, 4) is 0 Å². The van der Waals surface area contributed by atoms with Crippen molar-refractivity contribution in [1.82, 2.24) is 4.90 Å². The number of carbonyl (C=O) groups excluding carboxylic acids is 1. The van der Waals surface area contributed by atoms with E-state index >= 15 is 0 Å². The predicted octanol–water partition coefficient (Wildman–Crippen LogP) is 4.37. The smallest absolute Gasteiger partial charge is 0.343 e. The van der Waals surface area contributed by atoms with Gasteiger partial charge in [-0.25, -0.2) is 13.6 Å². The maximum atomic E-state index is 13.8. The molecule has 2 fully saturated rings. The van der Waals surface area contributed by atoms with Crippen molar-refractivity contribution in [3.63, 3.8) is 0 Å². The summed E-state index contributed by atoms with van der Waals surface area (Å²) in [6, 6.07) is 8.30. The van der Waals surface area contributed by atoms with E-state index in [1.165, 1.54) is 6.34 Å². The van der Waals surface area contributed by atoms with Gasteiger partial charge in [-0.05, 0) is 43.6 Å². The highest BCUT2D eigenvalue weighted by molar-refractivity contribution is 5.85. The van der Waals surface area contributed by atoms with Crippen molar-refractivity contribution in [1.29, 1.82) is 5.41 Å². The molecule has 1 aliphatic heterocycles. The van der Waals surface area contributed by atoms with Crippen molar-refractivity contribution in [2.24, 2.45) is 11.8 Å². The quantitative estimate of drug-likeness (QED) is 0.270. The van der Waals surface area contributed by atoms with Crippen LogP contribution in [-0.2, 0) is 15.1 Å².